The molecule has 0 spiro atoms. The van der Waals surface area contributed by atoms with Crippen molar-refractivity contribution in [3.63, 3.8) is 0 Å². The summed E-state index contributed by atoms with van der Waals surface area (Å²) in [7, 11) is 0. The number of pyridine rings is 1. The first kappa shape index (κ1) is 19.3. The molecule has 1 aliphatic heterocycles. The second-order valence-electron chi connectivity index (χ2n) is 7.54. The lowest BCUT2D eigenvalue weighted by atomic mass is 9.95. The first-order chi connectivity index (χ1) is 14.2. The summed E-state index contributed by atoms with van der Waals surface area (Å²) >= 11 is 0. The van der Waals surface area contributed by atoms with E-state index in [1.165, 1.54) is 0 Å². The van der Waals surface area contributed by atoms with E-state index >= 15 is 0 Å². The van der Waals surface area contributed by atoms with Crippen LogP contribution in [0.25, 0.3) is 0 Å². The molecule has 1 aromatic carbocycles. The molecule has 1 aliphatic rings. The Balaban J connectivity index is 1.34. The molecule has 0 saturated carbocycles. The molecule has 150 valence electrons. The van der Waals surface area contributed by atoms with Gasteiger partial charge in [0.2, 0.25) is 0 Å². The fourth-order valence-corrected chi connectivity index (χ4v) is 3.97. The second-order valence-corrected chi connectivity index (χ2v) is 7.54. The van der Waals surface area contributed by atoms with Crippen molar-refractivity contribution in [3.05, 3.63) is 84.2 Å². The highest BCUT2D eigenvalue weighted by Crippen LogP contribution is 2.27. The SMILES string of the molecule is O=C([C@@H](O)Cc1ccccc1)N1CCC(c2nccn2Cc2ccccn2)CC1. The van der Waals surface area contributed by atoms with Gasteiger partial charge < -0.3 is 14.6 Å². The molecule has 3 heterocycles. The van der Waals surface area contributed by atoms with Gasteiger partial charge in [-0.2, -0.15) is 0 Å². The third-order valence-electron chi connectivity index (χ3n) is 5.53. The predicted molar refractivity (Wildman–Crippen MR) is 110 cm³/mol. The summed E-state index contributed by atoms with van der Waals surface area (Å²) in [5.41, 5.74) is 1.98. The van der Waals surface area contributed by atoms with Crippen molar-refractivity contribution in [2.75, 3.05) is 13.1 Å². The fraction of sp³-hybridized carbons (Fsp3) is 0.348. The van der Waals surface area contributed by atoms with E-state index in [0.29, 0.717) is 32.0 Å². The third-order valence-corrected chi connectivity index (χ3v) is 5.53. The summed E-state index contributed by atoms with van der Waals surface area (Å²) in [6.07, 6.45) is 6.70. The molecule has 0 aliphatic carbocycles. The normalized spacial score (nSPS) is 16.0. The molecule has 0 unspecified atom stereocenters. The number of benzene rings is 1. The summed E-state index contributed by atoms with van der Waals surface area (Å²) in [6.45, 7) is 1.99. The average Bonchev–Trinajstić information content (AvgIpc) is 3.23. The largest absolute Gasteiger partial charge is 0.383 e. The highest BCUT2D eigenvalue weighted by Gasteiger charge is 2.29. The number of aliphatic hydroxyl groups excluding tert-OH is 1. The van der Waals surface area contributed by atoms with Gasteiger partial charge in [-0.15, -0.1) is 0 Å². The Morgan fingerprint density at radius 3 is 2.52 bits per heavy atom. The van der Waals surface area contributed by atoms with Crippen LogP contribution in [0.3, 0.4) is 0 Å². The number of hydrogen-bond donors (Lipinski definition) is 1. The van der Waals surface area contributed by atoms with Crippen LogP contribution in [0.1, 0.15) is 35.8 Å². The second kappa shape index (κ2) is 9.01. The molecule has 1 saturated heterocycles. The minimum atomic E-state index is -0.986. The van der Waals surface area contributed by atoms with Crippen LogP contribution in [0.2, 0.25) is 0 Å². The van der Waals surface area contributed by atoms with E-state index in [0.717, 1.165) is 29.9 Å². The lowest BCUT2D eigenvalue weighted by molar-refractivity contribution is -0.141. The highest BCUT2D eigenvalue weighted by molar-refractivity contribution is 5.81. The lowest BCUT2D eigenvalue weighted by Gasteiger charge is -2.33. The van der Waals surface area contributed by atoms with Crippen LogP contribution in [0.4, 0.5) is 0 Å². The Morgan fingerprint density at radius 2 is 1.79 bits per heavy atom. The molecule has 1 atom stereocenters. The maximum atomic E-state index is 12.7. The number of carbonyl (C=O) groups excluding carboxylic acids is 1. The van der Waals surface area contributed by atoms with E-state index < -0.39 is 6.10 Å². The van der Waals surface area contributed by atoms with Crippen LogP contribution >= 0.6 is 0 Å². The monoisotopic (exact) mass is 390 g/mol. The van der Waals surface area contributed by atoms with E-state index in [1.54, 1.807) is 11.1 Å². The van der Waals surface area contributed by atoms with Gasteiger partial charge in [0.1, 0.15) is 11.9 Å². The van der Waals surface area contributed by atoms with Gasteiger partial charge in [-0.25, -0.2) is 4.98 Å². The van der Waals surface area contributed by atoms with Gasteiger partial charge in [0, 0.05) is 44.0 Å². The van der Waals surface area contributed by atoms with Gasteiger partial charge in [0.25, 0.3) is 5.91 Å². The van der Waals surface area contributed by atoms with Crippen LogP contribution in [0.15, 0.2) is 67.1 Å². The summed E-state index contributed by atoms with van der Waals surface area (Å²) in [5.74, 6) is 1.18. The maximum Gasteiger partial charge on any atom is 0.251 e. The van der Waals surface area contributed by atoms with Crippen LogP contribution < -0.4 is 0 Å². The van der Waals surface area contributed by atoms with Crippen molar-refractivity contribution >= 4 is 5.91 Å². The molecule has 2 aromatic heterocycles. The number of nitrogens with zero attached hydrogens (tertiary/aromatic N) is 4. The van der Waals surface area contributed by atoms with E-state index in [-0.39, 0.29) is 5.91 Å². The summed E-state index contributed by atoms with van der Waals surface area (Å²) in [5, 5.41) is 10.4. The summed E-state index contributed by atoms with van der Waals surface area (Å²) in [4.78, 5) is 23.4. The van der Waals surface area contributed by atoms with Crippen molar-refractivity contribution in [2.45, 2.75) is 37.8 Å². The van der Waals surface area contributed by atoms with E-state index in [2.05, 4.69) is 14.5 Å². The molecule has 0 bridgehead atoms. The number of amides is 1. The number of aromatic nitrogens is 3. The predicted octanol–water partition coefficient (Wildman–Crippen LogP) is 2.64. The van der Waals surface area contributed by atoms with E-state index in [9.17, 15) is 9.90 Å². The number of piperidine rings is 1. The molecular weight excluding hydrogens is 364 g/mol. The smallest absolute Gasteiger partial charge is 0.251 e. The number of carbonyl (C=O) groups is 1. The molecule has 0 radical (unpaired) electrons. The third kappa shape index (κ3) is 4.71. The maximum absolute atomic E-state index is 12.7. The van der Waals surface area contributed by atoms with Gasteiger partial charge in [0.05, 0.1) is 12.2 Å². The van der Waals surface area contributed by atoms with Crippen LogP contribution in [-0.2, 0) is 17.8 Å². The molecule has 1 N–H and O–H groups in total. The van der Waals surface area contributed by atoms with Crippen molar-refractivity contribution in [3.8, 4) is 0 Å². The molecule has 4 rings (SSSR count). The summed E-state index contributed by atoms with van der Waals surface area (Å²) < 4.78 is 2.15. The van der Waals surface area contributed by atoms with Gasteiger partial charge >= 0.3 is 0 Å². The molecule has 1 fully saturated rings. The van der Waals surface area contributed by atoms with E-state index in [4.69, 9.17) is 0 Å². The topological polar surface area (TPSA) is 71.2 Å². The molecule has 29 heavy (non-hydrogen) atoms. The zero-order valence-electron chi connectivity index (χ0n) is 16.4. The van der Waals surface area contributed by atoms with Crippen LogP contribution in [-0.4, -0.2) is 49.6 Å². The Labute approximate surface area is 170 Å². The zero-order chi connectivity index (χ0) is 20.1. The molecule has 6 heteroatoms. The number of hydrogen-bond acceptors (Lipinski definition) is 4. The molecule has 3 aromatic rings. The van der Waals surface area contributed by atoms with Crippen molar-refractivity contribution in [1.82, 2.24) is 19.4 Å². The number of imidazole rings is 1. The van der Waals surface area contributed by atoms with Crippen molar-refractivity contribution < 1.29 is 9.90 Å². The number of aliphatic hydroxyl groups is 1. The van der Waals surface area contributed by atoms with Gasteiger partial charge in [0.15, 0.2) is 0 Å². The van der Waals surface area contributed by atoms with E-state index in [1.807, 2.05) is 60.9 Å². The first-order valence-electron chi connectivity index (χ1n) is 10.1. The Morgan fingerprint density at radius 1 is 1.03 bits per heavy atom. The quantitative estimate of drug-likeness (QED) is 0.702. The molecule has 1 amide bonds. The van der Waals surface area contributed by atoms with Crippen molar-refractivity contribution in [1.29, 1.82) is 0 Å². The zero-order valence-corrected chi connectivity index (χ0v) is 16.4. The first-order valence-corrected chi connectivity index (χ1v) is 10.1. The standard InChI is InChI=1S/C23H26N4O2/c28-21(16-18-6-2-1-3-7-18)23(29)26-13-9-19(10-14-26)22-25-12-15-27(22)17-20-8-4-5-11-24-20/h1-8,11-12,15,19,21,28H,9-10,13-14,16-17H2/t21-/m0/s1. The Kier molecular flexibility index (Phi) is 6.00. The fourth-order valence-electron chi connectivity index (χ4n) is 3.97. The van der Waals surface area contributed by atoms with Gasteiger partial charge in [-0.3, -0.25) is 9.78 Å². The lowest BCUT2D eigenvalue weighted by Crippen LogP contribution is -2.44. The Bertz CT molecular complexity index is 918. The number of rotatable bonds is 6. The minimum Gasteiger partial charge on any atom is -0.383 e. The summed E-state index contributed by atoms with van der Waals surface area (Å²) in [6, 6.07) is 15.6. The Hall–Kier alpha value is -2.99. The van der Waals surface area contributed by atoms with Crippen LogP contribution in [0, 0.1) is 0 Å². The van der Waals surface area contributed by atoms with Crippen LogP contribution in [0.5, 0.6) is 0 Å². The molecular formula is C23H26N4O2. The average molecular weight is 390 g/mol. The minimum absolute atomic E-state index is 0.177. The van der Waals surface area contributed by atoms with Gasteiger partial charge in [-0.1, -0.05) is 36.4 Å². The van der Waals surface area contributed by atoms with Crippen molar-refractivity contribution in [2.24, 2.45) is 0 Å². The highest BCUT2D eigenvalue weighted by atomic mass is 16.3. The molecule has 6 nitrogen and oxygen atoms in total. The van der Waals surface area contributed by atoms with Gasteiger partial charge in [-0.05, 0) is 30.5 Å². The number of likely N-dealkylation sites (tertiary alicyclic amines) is 1.